The fraction of sp³-hybridized carbons (Fsp3) is 0.500. The molecular weight excluding hydrogens is 257 g/mol. The third kappa shape index (κ3) is 2.55. The van der Waals surface area contributed by atoms with Crippen LogP contribution >= 0.6 is 23.2 Å². The molecule has 0 saturated carbocycles. The molecule has 0 bridgehead atoms. The standard InChI is InChI=1S/C10H10Cl2F2N2/c11-7-5-8(12)9(15-6-7)16-3-1-10(13,14)2-4-16/h5-6H,1-4H2. The summed E-state index contributed by atoms with van der Waals surface area (Å²) in [6.07, 6.45) is 1.15. The maximum Gasteiger partial charge on any atom is 0.251 e. The Hall–Kier alpha value is -0.610. The van der Waals surface area contributed by atoms with Gasteiger partial charge in [0, 0.05) is 32.1 Å². The van der Waals surface area contributed by atoms with E-state index in [9.17, 15) is 8.78 Å². The van der Waals surface area contributed by atoms with Crippen LogP contribution in [0.3, 0.4) is 0 Å². The van der Waals surface area contributed by atoms with Crippen LogP contribution < -0.4 is 4.90 Å². The van der Waals surface area contributed by atoms with Crippen molar-refractivity contribution in [3.05, 3.63) is 22.3 Å². The van der Waals surface area contributed by atoms with E-state index >= 15 is 0 Å². The number of anilines is 1. The molecule has 1 aromatic rings. The third-order valence-corrected chi connectivity index (χ3v) is 3.07. The minimum Gasteiger partial charge on any atom is -0.355 e. The molecule has 1 saturated heterocycles. The second kappa shape index (κ2) is 4.34. The first kappa shape index (κ1) is 11.9. The number of hydrogen-bond donors (Lipinski definition) is 0. The molecule has 1 fully saturated rings. The molecule has 6 heteroatoms. The van der Waals surface area contributed by atoms with Gasteiger partial charge in [-0.15, -0.1) is 0 Å². The van der Waals surface area contributed by atoms with Crippen molar-refractivity contribution < 1.29 is 8.78 Å². The minimum atomic E-state index is -2.56. The largest absolute Gasteiger partial charge is 0.355 e. The van der Waals surface area contributed by atoms with Crippen molar-refractivity contribution in [2.75, 3.05) is 18.0 Å². The van der Waals surface area contributed by atoms with E-state index < -0.39 is 5.92 Å². The molecule has 88 valence electrons. The predicted octanol–water partition coefficient (Wildman–Crippen LogP) is 3.62. The van der Waals surface area contributed by atoms with E-state index in [4.69, 9.17) is 23.2 Å². The second-order valence-corrected chi connectivity index (χ2v) is 4.65. The number of nitrogens with zero attached hydrogens (tertiary/aromatic N) is 2. The molecule has 0 atom stereocenters. The van der Waals surface area contributed by atoms with Crippen molar-refractivity contribution in [1.29, 1.82) is 0 Å². The van der Waals surface area contributed by atoms with Crippen LogP contribution in [0, 0.1) is 0 Å². The number of rotatable bonds is 1. The van der Waals surface area contributed by atoms with Gasteiger partial charge in [-0.1, -0.05) is 23.2 Å². The summed E-state index contributed by atoms with van der Waals surface area (Å²) in [4.78, 5) is 5.83. The van der Waals surface area contributed by atoms with Crippen molar-refractivity contribution in [2.24, 2.45) is 0 Å². The maximum atomic E-state index is 13.0. The van der Waals surface area contributed by atoms with Crippen molar-refractivity contribution in [3.8, 4) is 0 Å². The van der Waals surface area contributed by atoms with Gasteiger partial charge in [0.25, 0.3) is 5.92 Å². The lowest BCUT2D eigenvalue weighted by Gasteiger charge is -2.32. The summed E-state index contributed by atoms with van der Waals surface area (Å²) < 4.78 is 25.9. The molecule has 0 radical (unpaired) electrons. The number of hydrogen-bond acceptors (Lipinski definition) is 2. The monoisotopic (exact) mass is 266 g/mol. The Bertz CT molecular complexity index is 388. The summed E-state index contributed by atoms with van der Waals surface area (Å²) in [6.45, 7) is 0.530. The zero-order valence-corrected chi connectivity index (χ0v) is 9.90. The van der Waals surface area contributed by atoms with Gasteiger partial charge in [0.05, 0.1) is 10.0 Å². The Balaban J connectivity index is 2.14. The van der Waals surface area contributed by atoms with Crippen LogP contribution in [0.15, 0.2) is 12.3 Å². The van der Waals surface area contributed by atoms with E-state index in [1.165, 1.54) is 6.20 Å². The Kier molecular flexibility index (Phi) is 3.22. The van der Waals surface area contributed by atoms with Gasteiger partial charge in [0.2, 0.25) is 0 Å². The number of alkyl halides is 2. The highest BCUT2D eigenvalue weighted by Crippen LogP contribution is 2.33. The van der Waals surface area contributed by atoms with Gasteiger partial charge >= 0.3 is 0 Å². The summed E-state index contributed by atoms with van der Waals surface area (Å²) in [5.41, 5.74) is 0. The minimum absolute atomic E-state index is 0.159. The number of aromatic nitrogens is 1. The third-order valence-electron chi connectivity index (χ3n) is 2.58. The first-order valence-corrected chi connectivity index (χ1v) is 5.67. The fourth-order valence-corrected chi connectivity index (χ4v) is 2.19. The molecule has 0 aromatic carbocycles. The Morgan fingerprint density at radius 1 is 1.25 bits per heavy atom. The van der Waals surface area contributed by atoms with E-state index in [0.29, 0.717) is 15.9 Å². The van der Waals surface area contributed by atoms with E-state index in [1.54, 1.807) is 11.0 Å². The molecular formula is C10H10Cl2F2N2. The van der Waals surface area contributed by atoms with Crippen molar-refractivity contribution >= 4 is 29.0 Å². The SMILES string of the molecule is FC1(F)CCN(c2ncc(Cl)cc2Cl)CC1. The zero-order chi connectivity index (χ0) is 11.8. The molecule has 0 N–H and O–H groups in total. The molecule has 16 heavy (non-hydrogen) atoms. The molecule has 2 rings (SSSR count). The highest BCUT2D eigenvalue weighted by molar-refractivity contribution is 6.36. The van der Waals surface area contributed by atoms with Crippen LogP contribution in [-0.4, -0.2) is 24.0 Å². The number of pyridine rings is 1. The van der Waals surface area contributed by atoms with Crippen LogP contribution in [0.5, 0.6) is 0 Å². The summed E-state index contributed by atoms with van der Waals surface area (Å²) in [7, 11) is 0. The van der Waals surface area contributed by atoms with Gasteiger partial charge in [-0.05, 0) is 6.07 Å². The number of piperidine rings is 1. The lowest BCUT2D eigenvalue weighted by atomic mass is 10.1. The van der Waals surface area contributed by atoms with Crippen molar-refractivity contribution in [3.63, 3.8) is 0 Å². The first-order valence-electron chi connectivity index (χ1n) is 4.92. The van der Waals surface area contributed by atoms with Crippen LogP contribution in [0.1, 0.15) is 12.8 Å². The highest BCUT2D eigenvalue weighted by atomic mass is 35.5. The summed E-state index contributed by atoms with van der Waals surface area (Å²) in [5.74, 6) is -2.03. The van der Waals surface area contributed by atoms with Crippen LogP contribution in [-0.2, 0) is 0 Å². The quantitative estimate of drug-likeness (QED) is 0.772. The van der Waals surface area contributed by atoms with E-state index in [1.807, 2.05) is 0 Å². The summed E-state index contributed by atoms with van der Waals surface area (Å²) in [6, 6.07) is 1.57. The molecule has 2 nitrogen and oxygen atoms in total. The molecule has 1 aromatic heterocycles. The van der Waals surface area contributed by atoms with Gasteiger partial charge < -0.3 is 4.90 Å². The Morgan fingerprint density at radius 3 is 2.44 bits per heavy atom. The first-order chi connectivity index (χ1) is 7.48. The maximum absolute atomic E-state index is 13.0. The van der Waals surface area contributed by atoms with E-state index in [2.05, 4.69) is 4.98 Å². The normalized spacial score (nSPS) is 19.9. The molecule has 0 amide bonds. The Labute approximate surface area is 102 Å². The van der Waals surface area contributed by atoms with E-state index in [-0.39, 0.29) is 25.9 Å². The lowest BCUT2D eigenvalue weighted by molar-refractivity contribution is -0.0221. The topological polar surface area (TPSA) is 16.1 Å². The van der Waals surface area contributed by atoms with E-state index in [0.717, 1.165) is 0 Å². The fourth-order valence-electron chi connectivity index (χ4n) is 1.69. The average molecular weight is 267 g/mol. The van der Waals surface area contributed by atoms with Gasteiger partial charge in [0.15, 0.2) is 0 Å². The molecule has 2 heterocycles. The Morgan fingerprint density at radius 2 is 1.88 bits per heavy atom. The summed E-state index contributed by atoms with van der Waals surface area (Å²) >= 11 is 11.7. The van der Waals surface area contributed by atoms with Gasteiger partial charge in [-0.2, -0.15) is 0 Å². The van der Waals surface area contributed by atoms with Gasteiger partial charge in [-0.3, -0.25) is 0 Å². The van der Waals surface area contributed by atoms with Gasteiger partial charge in [0.1, 0.15) is 5.82 Å². The smallest absolute Gasteiger partial charge is 0.251 e. The molecule has 0 unspecified atom stereocenters. The molecule has 1 aliphatic heterocycles. The zero-order valence-electron chi connectivity index (χ0n) is 8.39. The predicted molar refractivity (Wildman–Crippen MR) is 60.7 cm³/mol. The van der Waals surface area contributed by atoms with Crippen molar-refractivity contribution in [1.82, 2.24) is 4.98 Å². The second-order valence-electron chi connectivity index (χ2n) is 3.80. The molecule has 0 aliphatic carbocycles. The van der Waals surface area contributed by atoms with Crippen LogP contribution in [0.25, 0.3) is 0 Å². The lowest BCUT2D eigenvalue weighted by Crippen LogP contribution is -2.39. The average Bonchev–Trinajstić information content (AvgIpc) is 2.19. The highest BCUT2D eigenvalue weighted by Gasteiger charge is 2.34. The molecule has 0 spiro atoms. The number of halogens is 4. The summed E-state index contributed by atoms with van der Waals surface area (Å²) in [5, 5.41) is 0.841. The van der Waals surface area contributed by atoms with Crippen molar-refractivity contribution in [2.45, 2.75) is 18.8 Å². The van der Waals surface area contributed by atoms with Crippen LogP contribution in [0.4, 0.5) is 14.6 Å². The molecule has 1 aliphatic rings. The van der Waals surface area contributed by atoms with Crippen LogP contribution in [0.2, 0.25) is 10.0 Å². The van der Waals surface area contributed by atoms with Gasteiger partial charge in [-0.25, -0.2) is 13.8 Å².